The topological polar surface area (TPSA) is 44.5 Å². The van der Waals surface area contributed by atoms with Gasteiger partial charge in [0.2, 0.25) is 0 Å². The first-order valence-electron chi connectivity index (χ1n) is 9.97. The molecule has 0 atom stereocenters. The second-order valence-electron chi connectivity index (χ2n) is 7.31. The molecule has 3 N–H and O–H groups in total. The van der Waals surface area contributed by atoms with Gasteiger partial charge in [-0.2, -0.15) is 0 Å². The standard InChI is InChI=1S/C24H28N4/c25-23-12-11-22(27-15-13-26-14-16-27)17-24(23)28(18-20-7-3-1-4-8-20)19-21-9-5-2-6-10-21/h1-12,17,26H,13-16,18-19,25H2. The van der Waals surface area contributed by atoms with Gasteiger partial charge in [0, 0.05) is 45.0 Å². The van der Waals surface area contributed by atoms with E-state index in [1.807, 2.05) is 0 Å². The first-order chi connectivity index (χ1) is 13.8. The monoisotopic (exact) mass is 372 g/mol. The maximum atomic E-state index is 6.45. The normalized spacial score (nSPS) is 14.1. The van der Waals surface area contributed by atoms with Crippen molar-refractivity contribution >= 4 is 17.1 Å². The third-order valence-electron chi connectivity index (χ3n) is 5.27. The molecule has 0 unspecified atom stereocenters. The zero-order chi connectivity index (χ0) is 19.2. The Kier molecular flexibility index (Phi) is 5.78. The van der Waals surface area contributed by atoms with Gasteiger partial charge in [-0.25, -0.2) is 0 Å². The lowest BCUT2D eigenvalue weighted by Gasteiger charge is -2.32. The highest BCUT2D eigenvalue weighted by atomic mass is 15.2. The van der Waals surface area contributed by atoms with Gasteiger partial charge in [-0.1, -0.05) is 60.7 Å². The summed E-state index contributed by atoms with van der Waals surface area (Å²) in [7, 11) is 0. The molecule has 1 fully saturated rings. The third-order valence-corrected chi connectivity index (χ3v) is 5.27. The van der Waals surface area contributed by atoms with Gasteiger partial charge in [-0.3, -0.25) is 0 Å². The Hall–Kier alpha value is -2.98. The van der Waals surface area contributed by atoms with Crippen LogP contribution in [0.25, 0.3) is 0 Å². The second-order valence-corrected chi connectivity index (χ2v) is 7.31. The molecule has 3 aromatic carbocycles. The molecule has 4 nitrogen and oxygen atoms in total. The lowest BCUT2D eigenvalue weighted by Crippen LogP contribution is -2.43. The van der Waals surface area contributed by atoms with Crippen LogP contribution in [-0.4, -0.2) is 26.2 Å². The molecule has 1 saturated heterocycles. The molecule has 0 spiro atoms. The molecule has 4 heteroatoms. The number of nitrogen functional groups attached to an aromatic ring is 1. The van der Waals surface area contributed by atoms with Crippen LogP contribution < -0.4 is 20.9 Å². The van der Waals surface area contributed by atoms with Gasteiger partial charge < -0.3 is 20.9 Å². The first-order valence-corrected chi connectivity index (χ1v) is 9.97. The maximum absolute atomic E-state index is 6.45. The van der Waals surface area contributed by atoms with Crippen molar-refractivity contribution in [3.05, 3.63) is 90.0 Å². The molecule has 0 radical (unpaired) electrons. The predicted octanol–water partition coefficient (Wildman–Crippen LogP) is 3.89. The van der Waals surface area contributed by atoms with Gasteiger partial charge in [0.15, 0.2) is 0 Å². The van der Waals surface area contributed by atoms with E-state index in [1.54, 1.807) is 0 Å². The molecule has 1 heterocycles. The predicted molar refractivity (Wildman–Crippen MR) is 119 cm³/mol. The summed E-state index contributed by atoms with van der Waals surface area (Å²) in [5, 5.41) is 3.42. The van der Waals surface area contributed by atoms with Crippen LogP contribution >= 0.6 is 0 Å². The molecule has 28 heavy (non-hydrogen) atoms. The summed E-state index contributed by atoms with van der Waals surface area (Å²) >= 11 is 0. The van der Waals surface area contributed by atoms with E-state index in [9.17, 15) is 0 Å². The number of nitrogens with zero attached hydrogens (tertiary/aromatic N) is 2. The molecule has 0 saturated carbocycles. The number of benzene rings is 3. The number of anilines is 3. The average molecular weight is 373 g/mol. The summed E-state index contributed by atoms with van der Waals surface area (Å²) in [5.74, 6) is 0. The van der Waals surface area contributed by atoms with E-state index < -0.39 is 0 Å². The Morgan fingerprint density at radius 1 is 0.786 bits per heavy atom. The molecule has 1 aliphatic heterocycles. The van der Waals surface area contributed by atoms with Gasteiger partial charge >= 0.3 is 0 Å². The number of rotatable bonds is 6. The lowest BCUT2D eigenvalue weighted by molar-refractivity contribution is 0.589. The van der Waals surface area contributed by atoms with Crippen molar-refractivity contribution in [1.29, 1.82) is 0 Å². The Morgan fingerprint density at radius 3 is 1.93 bits per heavy atom. The third kappa shape index (κ3) is 4.46. The number of hydrogen-bond donors (Lipinski definition) is 2. The summed E-state index contributed by atoms with van der Waals surface area (Å²) in [6.45, 7) is 5.76. The van der Waals surface area contributed by atoms with Crippen molar-refractivity contribution in [2.24, 2.45) is 0 Å². The van der Waals surface area contributed by atoms with Gasteiger partial charge in [-0.05, 0) is 29.3 Å². The largest absolute Gasteiger partial charge is 0.397 e. The average Bonchev–Trinajstić information content (AvgIpc) is 2.76. The molecule has 144 valence electrons. The number of nitrogens with two attached hydrogens (primary N) is 1. The van der Waals surface area contributed by atoms with Crippen LogP contribution in [0.2, 0.25) is 0 Å². The van der Waals surface area contributed by atoms with E-state index >= 15 is 0 Å². The van der Waals surface area contributed by atoms with Gasteiger partial charge in [0.05, 0.1) is 11.4 Å². The lowest BCUT2D eigenvalue weighted by atomic mass is 10.1. The fourth-order valence-corrected chi connectivity index (χ4v) is 3.76. The highest BCUT2D eigenvalue weighted by Gasteiger charge is 2.16. The molecule has 3 aromatic rings. The number of piperazine rings is 1. The van der Waals surface area contributed by atoms with Crippen molar-refractivity contribution in [2.45, 2.75) is 13.1 Å². The van der Waals surface area contributed by atoms with Crippen LogP contribution in [0.5, 0.6) is 0 Å². The Balaban J connectivity index is 1.66. The minimum absolute atomic E-state index is 0.824. The molecule has 0 aliphatic carbocycles. The van der Waals surface area contributed by atoms with Crippen molar-refractivity contribution < 1.29 is 0 Å². The quantitative estimate of drug-likeness (QED) is 0.645. The van der Waals surface area contributed by atoms with Crippen molar-refractivity contribution in [3.63, 3.8) is 0 Å². The fraction of sp³-hybridized carbons (Fsp3) is 0.250. The number of hydrogen-bond acceptors (Lipinski definition) is 4. The second kappa shape index (κ2) is 8.81. The van der Waals surface area contributed by atoms with Crippen LogP contribution in [0.1, 0.15) is 11.1 Å². The van der Waals surface area contributed by atoms with Crippen LogP contribution in [0.4, 0.5) is 17.1 Å². The minimum atomic E-state index is 0.824. The fourth-order valence-electron chi connectivity index (χ4n) is 3.76. The maximum Gasteiger partial charge on any atom is 0.0626 e. The van der Waals surface area contributed by atoms with Crippen LogP contribution in [0.15, 0.2) is 78.9 Å². The van der Waals surface area contributed by atoms with Crippen molar-refractivity contribution in [2.75, 3.05) is 41.7 Å². The van der Waals surface area contributed by atoms with Crippen molar-refractivity contribution in [3.8, 4) is 0 Å². The molecule has 4 rings (SSSR count). The van der Waals surface area contributed by atoms with Crippen molar-refractivity contribution in [1.82, 2.24) is 5.32 Å². The van der Waals surface area contributed by atoms with E-state index in [1.165, 1.54) is 16.8 Å². The molecule has 0 amide bonds. The first kappa shape index (κ1) is 18.4. The highest BCUT2D eigenvalue weighted by Crippen LogP contribution is 2.31. The van der Waals surface area contributed by atoms with Crippen LogP contribution in [0.3, 0.4) is 0 Å². The summed E-state index contributed by atoms with van der Waals surface area (Å²) in [6, 6.07) is 27.6. The summed E-state index contributed by atoms with van der Waals surface area (Å²) in [5.41, 5.74) is 12.2. The van der Waals surface area contributed by atoms with Crippen LogP contribution in [-0.2, 0) is 13.1 Å². The van der Waals surface area contributed by atoms with Gasteiger partial charge in [-0.15, -0.1) is 0 Å². The summed E-state index contributed by atoms with van der Waals surface area (Å²) in [6.07, 6.45) is 0. The Bertz CT molecular complexity index is 832. The van der Waals surface area contributed by atoms with E-state index in [2.05, 4.69) is 94.0 Å². The molecular formula is C24H28N4. The SMILES string of the molecule is Nc1ccc(N2CCNCC2)cc1N(Cc1ccccc1)Cc1ccccc1. The molecular weight excluding hydrogens is 344 g/mol. The minimum Gasteiger partial charge on any atom is -0.397 e. The molecule has 1 aliphatic rings. The van der Waals surface area contributed by atoms with E-state index in [0.717, 1.165) is 50.6 Å². The zero-order valence-electron chi connectivity index (χ0n) is 16.2. The smallest absolute Gasteiger partial charge is 0.0626 e. The molecule has 0 aromatic heterocycles. The number of nitrogens with one attached hydrogen (secondary N) is 1. The van der Waals surface area contributed by atoms with E-state index in [-0.39, 0.29) is 0 Å². The van der Waals surface area contributed by atoms with Gasteiger partial charge in [0.1, 0.15) is 0 Å². The van der Waals surface area contributed by atoms with E-state index in [4.69, 9.17) is 5.73 Å². The van der Waals surface area contributed by atoms with E-state index in [0.29, 0.717) is 0 Å². The molecule has 0 bridgehead atoms. The summed E-state index contributed by atoms with van der Waals surface area (Å²) < 4.78 is 0. The highest BCUT2D eigenvalue weighted by molar-refractivity contribution is 5.73. The van der Waals surface area contributed by atoms with Gasteiger partial charge in [0.25, 0.3) is 0 Å². The zero-order valence-corrected chi connectivity index (χ0v) is 16.2. The Morgan fingerprint density at radius 2 is 1.36 bits per heavy atom. The Labute approximate surface area is 167 Å². The summed E-state index contributed by atoms with van der Waals surface area (Å²) in [4.78, 5) is 4.81. The van der Waals surface area contributed by atoms with Crippen LogP contribution in [0, 0.1) is 0 Å².